The molecule has 0 saturated carbocycles. The zero-order valence-corrected chi connectivity index (χ0v) is 27.9. The standard InChI is InChI=1S/C47H28N4O/c1-3-12-30(13-4-1)45-48-46(31-14-5-2-6-15-31)50-47(49-45)34-18-11-19-35(26-34)51-39-25-23-29-22-24-37-36-20-9-10-21-41(36)52-44(37)42(29)43(39)38-27-32-16-7-8-17-33(32)28-40(38)51/h1-28H. The maximum Gasteiger partial charge on any atom is 0.164 e. The molecule has 0 fully saturated rings. The second kappa shape index (κ2) is 11.2. The topological polar surface area (TPSA) is 56.7 Å². The Labute approximate surface area is 298 Å². The summed E-state index contributed by atoms with van der Waals surface area (Å²) in [5, 5.41) is 9.25. The number of benzene rings is 8. The Kier molecular flexibility index (Phi) is 6.18. The van der Waals surface area contributed by atoms with Crippen LogP contribution in [-0.2, 0) is 0 Å². The molecule has 0 aliphatic heterocycles. The Hall–Kier alpha value is -7.11. The van der Waals surface area contributed by atoms with E-state index in [1.54, 1.807) is 0 Å². The summed E-state index contributed by atoms with van der Waals surface area (Å²) in [6, 6.07) is 59.1. The fourth-order valence-electron chi connectivity index (χ4n) is 7.78. The molecule has 8 aromatic carbocycles. The summed E-state index contributed by atoms with van der Waals surface area (Å²) in [5.41, 5.74) is 7.85. The van der Waals surface area contributed by atoms with Crippen LogP contribution in [0.3, 0.4) is 0 Å². The van der Waals surface area contributed by atoms with Crippen LogP contribution in [0.2, 0.25) is 0 Å². The van der Waals surface area contributed by atoms with Crippen molar-refractivity contribution in [2.24, 2.45) is 0 Å². The first-order valence-electron chi connectivity index (χ1n) is 17.4. The van der Waals surface area contributed by atoms with Crippen LogP contribution in [0.15, 0.2) is 174 Å². The fourth-order valence-corrected chi connectivity index (χ4v) is 7.78. The van der Waals surface area contributed by atoms with Crippen molar-refractivity contribution in [2.75, 3.05) is 0 Å². The highest BCUT2D eigenvalue weighted by Crippen LogP contribution is 2.43. The van der Waals surface area contributed by atoms with Crippen molar-refractivity contribution in [1.29, 1.82) is 0 Å². The predicted molar refractivity (Wildman–Crippen MR) is 213 cm³/mol. The molecule has 0 spiro atoms. The number of nitrogens with zero attached hydrogens (tertiary/aromatic N) is 4. The quantitative estimate of drug-likeness (QED) is 0.188. The average Bonchev–Trinajstić information content (AvgIpc) is 3.76. The molecule has 3 heterocycles. The van der Waals surface area contributed by atoms with Gasteiger partial charge in [-0.15, -0.1) is 0 Å². The summed E-state index contributed by atoms with van der Waals surface area (Å²) in [4.78, 5) is 15.0. The lowest BCUT2D eigenvalue weighted by atomic mass is 9.99. The van der Waals surface area contributed by atoms with Crippen molar-refractivity contribution in [3.8, 4) is 39.9 Å². The van der Waals surface area contributed by atoms with E-state index in [9.17, 15) is 0 Å². The highest BCUT2D eigenvalue weighted by atomic mass is 16.3. The average molecular weight is 665 g/mol. The van der Waals surface area contributed by atoms with E-state index in [1.165, 1.54) is 21.5 Å². The van der Waals surface area contributed by atoms with Crippen LogP contribution >= 0.6 is 0 Å². The highest BCUT2D eigenvalue weighted by molar-refractivity contribution is 6.30. The smallest absolute Gasteiger partial charge is 0.164 e. The first-order valence-corrected chi connectivity index (χ1v) is 17.4. The highest BCUT2D eigenvalue weighted by Gasteiger charge is 2.20. The Morgan fingerprint density at radius 1 is 0.385 bits per heavy atom. The molecule has 5 nitrogen and oxygen atoms in total. The SMILES string of the molecule is c1ccc(-c2nc(-c3ccccc3)nc(-c3cccc(-n4c5cc6ccccc6cc5c5c6c(ccc7c8ccccc8oc76)ccc54)c3)n2)cc1. The molecule has 5 heteroatoms. The van der Waals surface area contributed by atoms with E-state index in [2.05, 4.69) is 108 Å². The lowest BCUT2D eigenvalue weighted by molar-refractivity contribution is 0.673. The van der Waals surface area contributed by atoms with Gasteiger partial charge in [-0.05, 0) is 58.6 Å². The van der Waals surface area contributed by atoms with Gasteiger partial charge in [-0.3, -0.25) is 0 Å². The van der Waals surface area contributed by atoms with Crippen LogP contribution in [0.4, 0.5) is 0 Å². The molecule has 0 amide bonds. The third-order valence-corrected chi connectivity index (χ3v) is 10.2. The van der Waals surface area contributed by atoms with E-state index >= 15 is 0 Å². The van der Waals surface area contributed by atoms with Gasteiger partial charge in [0.15, 0.2) is 17.5 Å². The molecule has 3 aromatic heterocycles. The minimum Gasteiger partial charge on any atom is -0.455 e. The number of furan rings is 1. The van der Waals surface area contributed by atoms with Crippen LogP contribution in [0.5, 0.6) is 0 Å². The van der Waals surface area contributed by atoms with Gasteiger partial charge in [0.2, 0.25) is 0 Å². The summed E-state index contributed by atoms with van der Waals surface area (Å²) in [7, 11) is 0. The van der Waals surface area contributed by atoms with Crippen LogP contribution in [-0.4, -0.2) is 19.5 Å². The van der Waals surface area contributed by atoms with Gasteiger partial charge in [0, 0.05) is 49.3 Å². The fraction of sp³-hybridized carbons (Fsp3) is 0. The summed E-state index contributed by atoms with van der Waals surface area (Å²) < 4.78 is 9.04. The molecule has 0 unspecified atom stereocenters. The van der Waals surface area contributed by atoms with Gasteiger partial charge in [-0.2, -0.15) is 0 Å². The third-order valence-electron chi connectivity index (χ3n) is 10.2. The number of fused-ring (bicyclic) bond motifs is 10. The largest absolute Gasteiger partial charge is 0.455 e. The van der Waals surface area contributed by atoms with Gasteiger partial charge in [0.1, 0.15) is 11.2 Å². The number of hydrogen-bond donors (Lipinski definition) is 0. The van der Waals surface area contributed by atoms with E-state index in [0.717, 1.165) is 66.1 Å². The second-order valence-electron chi connectivity index (χ2n) is 13.2. The summed E-state index contributed by atoms with van der Waals surface area (Å²) in [6.07, 6.45) is 0. The first-order chi connectivity index (χ1) is 25.8. The van der Waals surface area contributed by atoms with Crippen molar-refractivity contribution < 1.29 is 4.42 Å². The monoisotopic (exact) mass is 664 g/mol. The number of para-hydroxylation sites is 1. The van der Waals surface area contributed by atoms with Crippen LogP contribution in [0.1, 0.15) is 0 Å². The van der Waals surface area contributed by atoms with Gasteiger partial charge in [-0.25, -0.2) is 15.0 Å². The van der Waals surface area contributed by atoms with E-state index in [-0.39, 0.29) is 0 Å². The molecule has 52 heavy (non-hydrogen) atoms. The number of hydrogen-bond acceptors (Lipinski definition) is 4. The van der Waals surface area contributed by atoms with Crippen LogP contribution in [0, 0.1) is 0 Å². The van der Waals surface area contributed by atoms with Gasteiger partial charge < -0.3 is 8.98 Å². The maximum atomic E-state index is 6.67. The van der Waals surface area contributed by atoms with Crippen LogP contribution < -0.4 is 0 Å². The van der Waals surface area contributed by atoms with Crippen molar-refractivity contribution in [3.63, 3.8) is 0 Å². The van der Waals surface area contributed by atoms with Crippen molar-refractivity contribution in [2.45, 2.75) is 0 Å². The van der Waals surface area contributed by atoms with Gasteiger partial charge in [0.05, 0.1) is 11.0 Å². The molecule has 11 aromatic rings. The Balaban J connectivity index is 1.20. The minimum atomic E-state index is 0.621. The van der Waals surface area contributed by atoms with Gasteiger partial charge >= 0.3 is 0 Å². The van der Waals surface area contributed by atoms with Crippen molar-refractivity contribution in [1.82, 2.24) is 19.5 Å². The molecule has 0 bridgehead atoms. The van der Waals surface area contributed by atoms with E-state index in [0.29, 0.717) is 17.5 Å². The van der Waals surface area contributed by atoms with E-state index in [4.69, 9.17) is 19.4 Å². The maximum absolute atomic E-state index is 6.67. The molecular weight excluding hydrogens is 637 g/mol. The van der Waals surface area contributed by atoms with Gasteiger partial charge in [0.25, 0.3) is 0 Å². The number of rotatable bonds is 4. The molecule has 0 saturated heterocycles. The third kappa shape index (κ3) is 4.39. The molecule has 0 radical (unpaired) electrons. The van der Waals surface area contributed by atoms with Crippen molar-refractivity contribution >= 4 is 65.3 Å². The molecule has 0 atom stereocenters. The normalized spacial score (nSPS) is 11.8. The zero-order chi connectivity index (χ0) is 34.2. The Bertz CT molecular complexity index is 3120. The predicted octanol–water partition coefficient (Wildman–Crippen LogP) is 12.2. The second-order valence-corrected chi connectivity index (χ2v) is 13.2. The lowest BCUT2D eigenvalue weighted by Gasteiger charge is -2.12. The first kappa shape index (κ1) is 28.7. The molecule has 242 valence electrons. The molecule has 11 rings (SSSR count). The van der Waals surface area contributed by atoms with E-state index < -0.39 is 0 Å². The van der Waals surface area contributed by atoms with Gasteiger partial charge in [-0.1, -0.05) is 127 Å². The van der Waals surface area contributed by atoms with Crippen molar-refractivity contribution in [3.05, 3.63) is 170 Å². The Morgan fingerprint density at radius 2 is 1.00 bits per heavy atom. The summed E-state index contributed by atoms with van der Waals surface area (Å²) >= 11 is 0. The number of aromatic nitrogens is 4. The Morgan fingerprint density at radius 3 is 1.75 bits per heavy atom. The summed E-state index contributed by atoms with van der Waals surface area (Å²) in [6.45, 7) is 0. The van der Waals surface area contributed by atoms with Crippen LogP contribution in [0.25, 0.3) is 105 Å². The van der Waals surface area contributed by atoms with E-state index in [1.807, 2.05) is 66.7 Å². The summed E-state index contributed by atoms with van der Waals surface area (Å²) in [5.74, 6) is 1.90. The molecule has 0 aliphatic rings. The molecule has 0 N–H and O–H groups in total. The lowest BCUT2D eigenvalue weighted by Crippen LogP contribution is -2.01. The molecule has 0 aliphatic carbocycles. The zero-order valence-electron chi connectivity index (χ0n) is 27.9. The molecular formula is C47H28N4O. The minimum absolute atomic E-state index is 0.621.